The summed E-state index contributed by atoms with van der Waals surface area (Å²) in [5.41, 5.74) is 0.395. The Balaban J connectivity index is 0.000000228. The maximum absolute atomic E-state index is 12.1. The van der Waals surface area contributed by atoms with Crippen LogP contribution in [0.1, 0.15) is 15.9 Å². The number of benzene rings is 3. The number of hydrogen-bond acceptors (Lipinski definition) is 5. The predicted molar refractivity (Wildman–Crippen MR) is 98.0 cm³/mol. The SMILES string of the molecule is O=C(c1ccccc1)c1ccccc1[N+](=O)[O-].O=[SH](=O)c1ccccc1. The summed E-state index contributed by atoms with van der Waals surface area (Å²) >= 11 is 0. The lowest BCUT2D eigenvalue weighted by Crippen LogP contribution is -2.04. The van der Waals surface area contributed by atoms with Crippen LogP contribution in [0, 0.1) is 10.1 Å². The number of nitro benzene ring substituents is 1. The number of carbonyl (C=O) groups excluding carboxylic acids is 1. The average Bonchev–Trinajstić information content (AvgIpc) is 2.69. The lowest BCUT2D eigenvalue weighted by atomic mass is 10.0. The second-order valence-corrected chi connectivity index (χ2v) is 6.09. The van der Waals surface area contributed by atoms with Crippen LogP contribution in [0.4, 0.5) is 5.69 Å². The molecule has 3 rings (SSSR count). The third-order valence-corrected chi connectivity index (χ3v) is 4.07. The van der Waals surface area contributed by atoms with Gasteiger partial charge in [-0.1, -0.05) is 60.7 Å². The van der Waals surface area contributed by atoms with Gasteiger partial charge < -0.3 is 0 Å². The van der Waals surface area contributed by atoms with E-state index < -0.39 is 15.6 Å². The third-order valence-electron chi connectivity index (χ3n) is 3.35. The molecular weight excluding hydrogens is 354 g/mol. The number of hydrogen-bond donors (Lipinski definition) is 1. The molecule has 0 aliphatic heterocycles. The van der Waals surface area contributed by atoms with Crippen LogP contribution in [-0.4, -0.2) is 19.1 Å². The fourth-order valence-corrected chi connectivity index (χ4v) is 2.54. The highest BCUT2D eigenvalue weighted by atomic mass is 32.2. The fraction of sp³-hybridized carbons (Fsp3) is 0. The van der Waals surface area contributed by atoms with Crippen LogP contribution in [0.5, 0.6) is 0 Å². The molecule has 0 atom stereocenters. The molecule has 132 valence electrons. The molecule has 0 saturated carbocycles. The summed E-state index contributed by atoms with van der Waals surface area (Å²) in [7, 11) is -2.40. The van der Waals surface area contributed by atoms with Gasteiger partial charge in [0.2, 0.25) is 0 Å². The van der Waals surface area contributed by atoms with Crippen molar-refractivity contribution in [2.75, 3.05) is 0 Å². The number of para-hydroxylation sites is 1. The summed E-state index contributed by atoms with van der Waals surface area (Å²) in [5.74, 6) is -0.335. The molecule has 0 heterocycles. The largest absolute Gasteiger partial charge is 0.288 e. The smallest absolute Gasteiger partial charge is 0.280 e. The molecule has 0 bridgehead atoms. The van der Waals surface area contributed by atoms with Gasteiger partial charge in [0.15, 0.2) is 16.5 Å². The Bertz CT molecular complexity index is 961. The Labute approximate surface area is 151 Å². The minimum absolute atomic E-state index is 0.115. The van der Waals surface area contributed by atoms with Crippen molar-refractivity contribution in [1.82, 2.24) is 0 Å². The molecule has 0 spiro atoms. The minimum Gasteiger partial charge on any atom is -0.288 e. The molecule has 0 saturated heterocycles. The van der Waals surface area contributed by atoms with E-state index in [0.717, 1.165) is 0 Å². The van der Waals surface area contributed by atoms with Crippen LogP contribution >= 0.6 is 0 Å². The van der Waals surface area contributed by atoms with Gasteiger partial charge in [-0.2, -0.15) is 0 Å². The molecule has 0 radical (unpaired) electrons. The highest BCUT2D eigenvalue weighted by molar-refractivity contribution is 7.72. The van der Waals surface area contributed by atoms with Gasteiger partial charge in [0.25, 0.3) is 5.69 Å². The first-order valence-electron chi connectivity index (χ1n) is 7.53. The molecule has 0 fully saturated rings. The summed E-state index contributed by atoms with van der Waals surface area (Å²) in [4.78, 5) is 22.7. The van der Waals surface area contributed by atoms with Crippen molar-refractivity contribution < 1.29 is 18.1 Å². The number of thiol groups is 1. The van der Waals surface area contributed by atoms with Crippen LogP contribution in [-0.2, 0) is 10.7 Å². The quantitative estimate of drug-likeness (QED) is 0.329. The first kappa shape index (κ1) is 19.0. The van der Waals surface area contributed by atoms with Crippen molar-refractivity contribution in [3.05, 3.63) is 106 Å². The standard InChI is InChI=1S/C13H9NO3.C6H6O2S/c15-13(10-6-2-1-3-7-10)11-8-4-5-9-12(11)14(16)17;7-9(8)6-4-2-1-3-5-6/h1-9H;1-5,9H. The lowest BCUT2D eigenvalue weighted by Gasteiger charge is -2.01. The van der Waals surface area contributed by atoms with Gasteiger partial charge in [-0.25, -0.2) is 8.42 Å². The van der Waals surface area contributed by atoms with Gasteiger partial charge in [-0.05, 0) is 18.2 Å². The Morgan fingerprint density at radius 1 is 0.769 bits per heavy atom. The molecule has 0 aliphatic rings. The van der Waals surface area contributed by atoms with Gasteiger partial charge in [0, 0.05) is 11.6 Å². The van der Waals surface area contributed by atoms with E-state index in [1.807, 2.05) is 0 Å². The Morgan fingerprint density at radius 2 is 1.27 bits per heavy atom. The lowest BCUT2D eigenvalue weighted by molar-refractivity contribution is -0.385. The van der Waals surface area contributed by atoms with E-state index >= 15 is 0 Å². The zero-order chi connectivity index (χ0) is 18.9. The summed E-state index contributed by atoms with van der Waals surface area (Å²) < 4.78 is 20.5. The number of carbonyl (C=O) groups is 1. The van der Waals surface area contributed by atoms with E-state index in [9.17, 15) is 23.3 Å². The van der Waals surface area contributed by atoms with Gasteiger partial charge in [-0.3, -0.25) is 14.9 Å². The first-order chi connectivity index (χ1) is 12.5. The molecule has 0 N–H and O–H groups in total. The van der Waals surface area contributed by atoms with Crippen molar-refractivity contribution in [2.24, 2.45) is 0 Å². The van der Waals surface area contributed by atoms with Crippen molar-refractivity contribution in [3.63, 3.8) is 0 Å². The van der Waals surface area contributed by atoms with E-state index in [2.05, 4.69) is 0 Å². The monoisotopic (exact) mass is 369 g/mol. The Morgan fingerprint density at radius 3 is 1.77 bits per heavy atom. The zero-order valence-electron chi connectivity index (χ0n) is 13.5. The number of nitro groups is 1. The highest BCUT2D eigenvalue weighted by Gasteiger charge is 2.19. The molecular formula is C19H15NO5S. The fourth-order valence-electron chi connectivity index (χ4n) is 2.12. The molecule has 6 nitrogen and oxygen atoms in total. The predicted octanol–water partition coefficient (Wildman–Crippen LogP) is 3.48. The third kappa shape index (κ3) is 5.09. The van der Waals surface area contributed by atoms with Crippen LogP contribution in [0.3, 0.4) is 0 Å². The molecule has 0 amide bonds. The van der Waals surface area contributed by atoms with Crippen molar-refractivity contribution in [2.45, 2.75) is 4.90 Å². The van der Waals surface area contributed by atoms with Crippen LogP contribution in [0.25, 0.3) is 0 Å². The zero-order valence-corrected chi connectivity index (χ0v) is 14.4. The topological polar surface area (TPSA) is 94.3 Å². The second-order valence-electron chi connectivity index (χ2n) is 5.06. The summed E-state index contributed by atoms with van der Waals surface area (Å²) in [6.45, 7) is 0. The van der Waals surface area contributed by atoms with Crippen LogP contribution in [0.15, 0.2) is 89.8 Å². The molecule has 3 aromatic rings. The van der Waals surface area contributed by atoms with E-state index in [4.69, 9.17) is 0 Å². The molecule has 0 aliphatic carbocycles. The Kier molecular flexibility index (Phi) is 6.75. The minimum atomic E-state index is -2.40. The number of nitrogens with zero attached hydrogens (tertiary/aromatic N) is 1. The first-order valence-corrected chi connectivity index (χ1v) is 8.71. The van der Waals surface area contributed by atoms with Gasteiger partial charge in [-0.15, -0.1) is 0 Å². The van der Waals surface area contributed by atoms with E-state index in [-0.39, 0.29) is 17.0 Å². The van der Waals surface area contributed by atoms with E-state index in [0.29, 0.717) is 10.5 Å². The average molecular weight is 369 g/mol. The van der Waals surface area contributed by atoms with Crippen LogP contribution < -0.4 is 0 Å². The van der Waals surface area contributed by atoms with Crippen molar-refractivity contribution in [3.8, 4) is 0 Å². The number of ketones is 1. The van der Waals surface area contributed by atoms with Gasteiger partial charge in [0.05, 0.1) is 9.82 Å². The summed E-state index contributed by atoms with van der Waals surface area (Å²) in [6.07, 6.45) is 0. The van der Waals surface area contributed by atoms with Crippen LogP contribution in [0.2, 0.25) is 0 Å². The Hall–Kier alpha value is -3.32. The second kappa shape index (κ2) is 9.24. The maximum Gasteiger partial charge on any atom is 0.280 e. The van der Waals surface area contributed by atoms with E-state index in [1.165, 1.54) is 12.1 Å². The van der Waals surface area contributed by atoms with E-state index in [1.54, 1.807) is 72.8 Å². The molecule has 0 aromatic heterocycles. The maximum atomic E-state index is 12.1. The van der Waals surface area contributed by atoms with Crippen molar-refractivity contribution in [1.29, 1.82) is 0 Å². The summed E-state index contributed by atoms with van der Waals surface area (Å²) in [5, 5.41) is 10.8. The molecule has 3 aromatic carbocycles. The van der Waals surface area contributed by atoms with Gasteiger partial charge in [0.1, 0.15) is 5.56 Å². The van der Waals surface area contributed by atoms with Crippen molar-refractivity contribution >= 4 is 22.2 Å². The van der Waals surface area contributed by atoms with Gasteiger partial charge >= 0.3 is 0 Å². The summed E-state index contributed by atoms with van der Waals surface area (Å²) in [6, 6.07) is 22.8. The molecule has 7 heteroatoms. The highest BCUT2D eigenvalue weighted by Crippen LogP contribution is 2.20. The molecule has 26 heavy (non-hydrogen) atoms. The molecule has 0 unspecified atom stereocenters. The number of rotatable bonds is 4. The normalized spacial score (nSPS) is 9.88.